The molecule has 6 heteroatoms. The van der Waals surface area contributed by atoms with Gasteiger partial charge in [-0.25, -0.2) is 0 Å². The van der Waals surface area contributed by atoms with Crippen molar-refractivity contribution in [1.82, 2.24) is 6.15 Å². The zero-order chi connectivity index (χ0) is 3.58. The number of rotatable bonds is 0. The predicted octanol–water partition coefficient (Wildman–Crippen LogP) is -2.08. The predicted molar refractivity (Wildman–Crippen MR) is 11.4 cm³/mol. The molecule has 7 heavy (non-hydrogen) atoms. The minimum atomic E-state index is -2.33. The van der Waals surface area contributed by atoms with E-state index in [2.05, 4.69) is 0 Å². The van der Waals surface area contributed by atoms with Crippen molar-refractivity contribution < 1.29 is 60.7 Å². The number of quaternary nitrogens is 1. The number of carbonyl (C=O) groups is 1. The van der Waals surface area contributed by atoms with Crippen LogP contribution in [0.4, 0.5) is 4.79 Å². The van der Waals surface area contributed by atoms with Crippen molar-refractivity contribution in [3.8, 4) is 0 Å². The largest absolute Gasteiger partial charge is 4.00 e. The van der Waals surface area contributed by atoms with E-state index in [1.54, 1.807) is 0 Å². The van der Waals surface area contributed by atoms with E-state index >= 15 is 0 Å². The molecule has 4 nitrogen and oxygen atoms in total. The van der Waals surface area contributed by atoms with Crippen LogP contribution in [0.5, 0.6) is 0 Å². The first kappa shape index (κ1) is 25.1. The van der Waals surface area contributed by atoms with E-state index in [-0.39, 0.29) is 51.8 Å². The molecule has 0 heterocycles. The zero-order valence-corrected chi connectivity index (χ0v) is 9.36. The maximum absolute atomic E-state index is 8.33. The average Bonchev–Trinajstić information content (AvgIpc) is 0.811. The second-order valence-corrected chi connectivity index (χ2v) is 0.250. The third-order valence-corrected chi connectivity index (χ3v) is 0. The Kier molecular flexibility index (Phi) is 57.0. The van der Waals surface area contributed by atoms with Crippen LogP contribution in [-0.4, -0.2) is 6.16 Å². The van der Waals surface area contributed by atoms with Crippen LogP contribution in [0.1, 0.15) is 0 Å². The van der Waals surface area contributed by atoms with Crippen molar-refractivity contribution >= 4 is 6.16 Å². The summed E-state index contributed by atoms with van der Waals surface area (Å²) < 4.78 is 0. The van der Waals surface area contributed by atoms with Gasteiger partial charge in [-0.1, -0.05) is 0 Å². The quantitative estimate of drug-likeness (QED) is 0.487. The molecule has 0 radical (unpaired) electrons. The van der Waals surface area contributed by atoms with E-state index in [0.717, 1.165) is 0 Å². The van der Waals surface area contributed by atoms with E-state index in [1.165, 1.54) is 0 Å². The van der Waals surface area contributed by atoms with Gasteiger partial charge >= 0.3 is 45.7 Å². The van der Waals surface area contributed by atoms with Crippen molar-refractivity contribution in [3.05, 3.63) is 0 Å². The van der Waals surface area contributed by atoms with Gasteiger partial charge in [-0.2, -0.15) is 0 Å². The van der Waals surface area contributed by atoms with Gasteiger partial charge < -0.3 is 21.2 Å². The summed E-state index contributed by atoms with van der Waals surface area (Å²) >= 11 is 0. The summed E-state index contributed by atoms with van der Waals surface area (Å²) in [5.41, 5.74) is 0. The molecule has 0 saturated heterocycles. The van der Waals surface area contributed by atoms with Crippen molar-refractivity contribution in [1.29, 1.82) is 0 Å². The molecule has 4 N–H and O–H groups in total. The smallest absolute Gasteiger partial charge is 0.652 e. The molecular formula is CH4NO3ZnZr+5. The summed E-state index contributed by atoms with van der Waals surface area (Å²) in [5.74, 6) is 0. The first-order chi connectivity index (χ1) is 1.73. The van der Waals surface area contributed by atoms with E-state index in [9.17, 15) is 0 Å². The standard InChI is InChI=1S/CH2O3.H3N.Zn.Zr/c2-1(3)4;;;/h(H2,2,3,4);1H3;;/q;;+2;+4/p-1. The van der Waals surface area contributed by atoms with Crippen LogP contribution in [0, 0.1) is 0 Å². The van der Waals surface area contributed by atoms with Gasteiger partial charge in [0.05, 0.1) is 0 Å². The minimum Gasteiger partial charge on any atom is -0.652 e. The Morgan fingerprint density at radius 2 is 1.29 bits per heavy atom. The van der Waals surface area contributed by atoms with Crippen LogP contribution in [-0.2, 0) is 45.7 Å². The van der Waals surface area contributed by atoms with E-state index in [4.69, 9.17) is 15.0 Å². The average molecular weight is 235 g/mol. The van der Waals surface area contributed by atoms with Crippen LogP contribution in [0.15, 0.2) is 0 Å². The Hall–Kier alpha value is 0.736. The first-order valence-electron chi connectivity index (χ1n) is 0.612. The maximum Gasteiger partial charge on any atom is 4.00 e. The van der Waals surface area contributed by atoms with E-state index in [1.807, 2.05) is 0 Å². The Labute approximate surface area is 72.8 Å². The number of carboxylic acid groups (broad SMARTS) is 2. The van der Waals surface area contributed by atoms with E-state index < -0.39 is 6.16 Å². The molecule has 0 aromatic rings. The van der Waals surface area contributed by atoms with Crippen LogP contribution < -0.4 is 16.4 Å². The Balaban J connectivity index is -0.0000000150. The molecule has 0 aliphatic rings. The van der Waals surface area contributed by atoms with Crippen molar-refractivity contribution in [2.45, 2.75) is 0 Å². The summed E-state index contributed by atoms with van der Waals surface area (Å²) in [6, 6.07) is 0. The van der Waals surface area contributed by atoms with Crippen molar-refractivity contribution in [3.63, 3.8) is 0 Å². The van der Waals surface area contributed by atoms with Gasteiger partial charge in [-0.05, 0) is 6.16 Å². The fraction of sp³-hybridized carbons (Fsp3) is 0. The third-order valence-electron chi connectivity index (χ3n) is 0. The van der Waals surface area contributed by atoms with Crippen LogP contribution >= 0.6 is 0 Å². The Bertz CT molecular complexity index is 37.9. The van der Waals surface area contributed by atoms with Gasteiger partial charge in [0.15, 0.2) is 0 Å². The Morgan fingerprint density at radius 1 is 1.29 bits per heavy atom. The molecule has 0 saturated carbocycles. The Morgan fingerprint density at radius 3 is 1.29 bits per heavy atom. The first-order valence-corrected chi connectivity index (χ1v) is 0.612. The normalized spacial score (nSPS) is 3.43. The summed E-state index contributed by atoms with van der Waals surface area (Å²) in [6.07, 6.45) is -2.33. The van der Waals surface area contributed by atoms with Gasteiger partial charge in [0, 0.05) is 0 Å². The maximum atomic E-state index is 8.33. The van der Waals surface area contributed by atoms with Gasteiger partial charge in [0.2, 0.25) is 0 Å². The van der Waals surface area contributed by atoms with Gasteiger partial charge in [0.1, 0.15) is 0 Å². The van der Waals surface area contributed by atoms with Crippen molar-refractivity contribution in [2.75, 3.05) is 0 Å². The summed E-state index contributed by atoms with van der Waals surface area (Å²) in [7, 11) is 0. The van der Waals surface area contributed by atoms with Gasteiger partial charge in [0.25, 0.3) is 0 Å². The van der Waals surface area contributed by atoms with Crippen LogP contribution in [0.25, 0.3) is 0 Å². The number of carbonyl (C=O) groups excluding carboxylic acids is 1. The van der Waals surface area contributed by atoms with E-state index in [0.29, 0.717) is 0 Å². The molecule has 0 aliphatic heterocycles. The molecule has 0 atom stereocenters. The SMILES string of the molecule is O=C([O-])[O-].[NH4+].[Zn+2].[Zr+4]. The molecule has 0 fully saturated rings. The molecule has 0 spiro atoms. The topological polar surface area (TPSA) is 99.7 Å². The molecular weight excluding hydrogens is 231 g/mol. The molecule has 0 rings (SSSR count). The number of hydrogen-bond acceptors (Lipinski definition) is 3. The second kappa shape index (κ2) is 15.9. The van der Waals surface area contributed by atoms with Crippen molar-refractivity contribution in [2.24, 2.45) is 0 Å². The monoisotopic (exact) mass is 232 g/mol. The molecule has 0 aromatic heterocycles. The zero-order valence-electron chi connectivity index (χ0n) is 3.93. The van der Waals surface area contributed by atoms with Crippen LogP contribution in [0.3, 0.4) is 0 Å². The molecule has 0 amide bonds. The molecule has 0 bridgehead atoms. The molecule has 0 aliphatic carbocycles. The summed E-state index contributed by atoms with van der Waals surface area (Å²) in [6.45, 7) is 0. The van der Waals surface area contributed by atoms with Crippen LogP contribution in [0.2, 0.25) is 0 Å². The minimum absolute atomic E-state index is 0. The van der Waals surface area contributed by atoms with Gasteiger partial charge in [-0.15, -0.1) is 0 Å². The van der Waals surface area contributed by atoms with Gasteiger partial charge in [-0.3, -0.25) is 0 Å². The molecule has 32 valence electrons. The third kappa shape index (κ3) is 279. The number of hydrogen-bond donors (Lipinski definition) is 1. The second-order valence-electron chi connectivity index (χ2n) is 0.250. The fourth-order valence-electron chi connectivity index (χ4n) is 0. The summed E-state index contributed by atoms with van der Waals surface area (Å²) in [4.78, 5) is 8.33. The fourth-order valence-corrected chi connectivity index (χ4v) is 0. The summed E-state index contributed by atoms with van der Waals surface area (Å²) in [5, 5.41) is 16.7. The molecule has 0 unspecified atom stereocenters. The molecule has 0 aromatic carbocycles.